The molecule has 150 valence electrons. The molecule has 0 bridgehead atoms. The number of ketones is 1. The first-order chi connectivity index (χ1) is 13.5. The molecule has 0 amide bonds. The number of phenols is 1. The van der Waals surface area contributed by atoms with E-state index in [1.165, 1.54) is 0 Å². The molecule has 1 aliphatic rings. The molecule has 2 aromatic rings. The number of benzene rings is 2. The molecule has 0 saturated carbocycles. The van der Waals surface area contributed by atoms with Crippen LogP contribution in [0.4, 0.5) is 5.69 Å². The van der Waals surface area contributed by atoms with E-state index in [0.717, 1.165) is 43.1 Å². The van der Waals surface area contributed by atoms with E-state index in [1.807, 2.05) is 55.4 Å². The number of ether oxygens (including phenoxy) is 1. The van der Waals surface area contributed by atoms with Crippen molar-refractivity contribution in [1.29, 1.82) is 0 Å². The molecule has 0 spiro atoms. The summed E-state index contributed by atoms with van der Waals surface area (Å²) >= 11 is 0. The van der Waals surface area contributed by atoms with E-state index in [-0.39, 0.29) is 11.5 Å². The Morgan fingerprint density at radius 2 is 1.68 bits per heavy atom. The highest BCUT2D eigenvalue weighted by molar-refractivity contribution is 6.03. The third-order valence-electron chi connectivity index (χ3n) is 5.80. The Balaban J connectivity index is 1.85. The van der Waals surface area contributed by atoms with Gasteiger partial charge in [-0.05, 0) is 68.9 Å². The number of phenolic OH excluding ortho intramolecular Hbond substituents is 1. The van der Waals surface area contributed by atoms with Crippen LogP contribution in [0.25, 0.3) is 0 Å². The smallest absolute Gasteiger partial charge is 0.183 e. The molecule has 2 aromatic carbocycles. The molecule has 1 fully saturated rings. The number of rotatable bonds is 7. The van der Waals surface area contributed by atoms with Gasteiger partial charge in [0.05, 0.1) is 18.8 Å². The topological polar surface area (TPSA) is 53.0 Å². The molecule has 1 heterocycles. The molecule has 1 atom stereocenters. The predicted molar refractivity (Wildman–Crippen MR) is 112 cm³/mol. The van der Waals surface area contributed by atoms with Gasteiger partial charge in [-0.15, -0.1) is 0 Å². The second kappa shape index (κ2) is 8.76. The summed E-state index contributed by atoms with van der Waals surface area (Å²) in [7, 11) is 3.92. The first-order valence-corrected chi connectivity index (χ1v) is 9.89. The second-order valence-electron chi connectivity index (χ2n) is 7.60. The number of likely N-dealkylation sites (N-methyl/N-ethyl adjacent to an activating group) is 1. The lowest BCUT2D eigenvalue weighted by molar-refractivity contribution is 0.0666. The van der Waals surface area contributed by atoms with Crippen LogP contribution in [0.5, 0.6) is 5.75 Å². The van der Waals surface area contributed by atoms with Gasteiger partial charge < -0.3 is 14.7 Å². The first kappa shape index (κ1) is 20.4. The molecular weight excluding hydrogens is 352 g/mol. The highest BCUT2D eigenvalue weighted by atomic mass is 16.5. The highest BCUT2D eigenvalue weighted by Gasteiger charge is 2.39. The Morgan fingerprint density at radius 1 is 1.07 bits per heavy atom. The van der Waals surface area contributed by atoms with Crippen molar-refractivity contribution in [2.24, 2.45) is 0 Å². The minimum absolute atomic E-state index is 0.126. The molecule has 1 N–H and O–H groups in total. The van der Waals surface area contributed by atoms with Crippen LogP contribution in [-0.2, 0) is 11.2 Å². The molecule has 3 rings (SSSR count). The van der Waals surface area contributed by atoms with E-state index in [0.29, 0.717) is 12.8 Å². The lowest BCUT2D eigenvalue weighted by Crippen LogP contribution is -2.52. The zero-order chi connectivity index (χ0) is 20.1. The van der Waals surface area contributed by atoms with Crippen molar-refractivity contribution in [3.63, 3.8) is 0 Å². The Kier molecular flexibility index (Phi) is 6.37. The van der Waals surface area contributed by atoms with Crippen molar-refractivity contribution in [2.45, 2.75) is 25.3 Å². The maximum atomic E-state index is 13.6. The fraction of sp³-hybridized carbons (Fsp3) is 0.435. The molecule has 0 aromatic heterocycles. The fourth-order valence-electron chi connectivity index (χ4n) is 3.91. The largest absolute Gasteiger partial charge is 0.508 e. The Hall–Kier alpha value is -2.37. The van der Waals surface area contributed by atoms with E-state index in [1.54, 1.807) is 12.1 Å². The van der Waals surface area contributed by atoms with Crippen molar-refractivity contribution >= 4 is 11.5 Å². The minimum Gasteiger partial charge on any atom is -0.508 e. The quantitative estimate of drug-likeness (QED) is 0.744. The van der Waals surface area contributed by atoms with E-state index in [4.69, 9.17) is 4.74 Å². The molecule has 28 heavy (non-hydrogen) atoms. The fourth-order valence-corrected chi connectivity index (χ4v) is 3.91. The first-order valence-electron chi connectivity index (χ1n) is 9.89. The van der Waals surface area contributed by atoms with Crippen molar-refractivity contribution in [1.82, 2.24) is 4.90 Å². The Bertz CT molecular complexity index is 780. The number of anilines is 1. The highest BCUT2D eigenvalue weighted by Crippen LogP contribution is 2.29. The average Bonchev–Trinajstić information content (AvgIpc) is 2.73. The van der Waals surface area contributed by atoms with Crippen LogP contribution in [0.15, 0.2) is 48.5 Å². The summed E-state index contributed by atoms with van der Waals surface area (Å²) in [5.74, 6) is 0.363. The van der Waals surface area contributed by atoms with Crippen LogP contribution in [-0.4, -0.2) is 61.7 Å². The molecule has 1 unspecified atom stereocenters. The molecule has 0 radical (unpaired) electrons. The summed E-state index contributed by atoms with van der Waals surface area (Å²) in [5, 5.41) is 9.55. The number of carbonyl (C=O) groups excluding carboxylic acids is 1. The maximum absolute atomic E-state index is 13.6. The van der Waals surface area contributed by atoms with Crippen LogP contribution in [0.3, 0.4) is 0 Å². The van der Waals surface area contributed by atoms with E-state index < -0.39 is 5.54 Å². The third kappa shape index (κ3) is 4.21. The maximum Gasteiger partial charge on any atom is 0.183 e. The normalized spacial score (nSPS) is 16.8. The number of aromatic hydroxyl groups is 1. The third-order valence-corrected chi connectivity index (χ3v) is 5.80. The van der Waals surface area contributed by atoms with Gasteiger partial charge in [0.2, 0.25) is 0 Å². The van der Waals surface area contributed by atoms with Gasteiger partial charge in [-0.2, -0.15) is 0 Å². The number of morpholine rings is 1. The summed E-state index contributed by atoms with van der Waals surface area (Å²) in [4.78, 5) is 17.9. The Labute approximate surface area is 167 Å². The van der Waals surface area contributed by atoms with Gasteiger partial charge in [0.1, 0.15) is 5.75 Å². The second-order valence-corrected chi connectivity index (χ2v) is 7.60. The van der Waals surface area contributed by atoms with Gasteiger partial charge in [0.25, 0.3) is 0 Å². The monoisotopic (exact) mass is 382 g/mol. The lowest BCUT2D eigenvalue weighted by atomic mass is 9.80. The van der Waals surface area contributed by atoms with Crippen molar-refractivity contribution in [3.8, 4) is 5.75 Å². The predicted octanol–water partition coefficient (Wildman–Crippen LogP) is 3.36. The van der Waals surface area contributed by atoms with E-state index >= 15 is 0 Å². The van der Waals surface area contributed by atoms with Crippen molar-refractivity contribution in [3.05, 3.63) is 59.7 Å². The van der Waals surface area contributed by atoms with Gasteiger partial charge in [-0.25, -0.2) is 0 Å². The summed E-state index contributed by atoms with van der Waals surface area (Å²) in [6, 6.07) is 15.1. The van der Waals surface area contributed by atoms with Crippen LogP contribution in [0.2, 0.25) is 0 Å². The van der Waals surface area contributed by atoms with Gasteiger partial charge >= 0.3 is 0 Å². The molecule has 0 aliphatic carbocycles. The zero-order valence-corrected chi connectivity index (χ0v) is 17.0. The number of Topliss-reactive ketones (excluding diaryl/α,β-unsaturated/α-hetero) is 1. The van der Waals surface area contributed by atoms with Gasteiger partial charge in [0, 0.05) is 24.3 Å². The molecule has 5 heteroatoms. The average molecular weight is 383 g/mol. The summed E-state index contributed by atoms with van der Waals surface area (Å²) < 4.78 is 5.42. The lowest BCUT2D eigenvalue weighted by Gasteiger charge is -2.38. The van der Waals surface area contributed by atoms with E-state index in [9.17, 15) is 9.90 Å². The van der Waals surface area contributed by atoms with Crippen molar-refractivity contribution in [2.75, 3.05) is 45.3 Å². The van der Waals surface area contributed by atoms with Crippen molar-refractivity contribution < 1.29 is 14.6 Å². The number of hydrogen-bond donors (Lipinski definition) is 1. The number of carbonyl (C=O) groups is 1. The van der Waals surface area contributed by atoms with Crippen LogP contribution in [0, 0.1) is 0 Å². The minimum atomic E-state index is -0.628. The standard InChI is InChI=1S/C23H30N2O3/c1-4-23(24(2)3,17-18-5-11-21(26)12-6-18)22(27)19-7-9-20(10-8-19)25-13-15-28-16-14-25/h5-12,26H,4,13-17H2,1-3H3. The number of hydrogen-bond acceptors (Lipinski definition) is 5. The molecular formula is C23H30N2O3. The van der Waals surface area contributed by atoms with Crippen LogP contribution < -0.4 is 4.90 Å². The van der Waals surface area contributed by atoms with E-state index in [2.05, 4.69) is 11.8 Å². The molecule has 5 nitrogen and oxygen atoms in total. The summed E-state index contributed by atoms with van der Waals surface area (Å²) in [5.41, 5.74) is 2.26. The van der Waals surface area contributed by atoms with Gasteiger partial charge in [-0.1, -0.05) is 19.1 Å². The number of nitrogens with zero attached hydrogens (tertiary/aromatic N) is 2. The Morgan fingerprint density at radius 3 is 2.21 bits per heavy atom. The molecule has 1 aliphatic heterocycles. The SMILES string of the molecule is CCC(Cc1ccc(O)cc1)(C(=O)c1ccc(N2CCOCC2)cc1)N(C)C. The summed E-state index contributed by atoms with van der Waals surface area (Å²) in [6.45, 7) is 5.30. The summed E-state index contributed by atoms with van der Waals surface area (Å²) in [6.07, 6.45) is 1.30. The van der Waals surface area contributed by atoms with Gasteiger partial charge in [0.15, 0.2) is 5.78 Å². The molecule has 1 saturated heterocycles. The zero-order valence-electron chi connectivity index (χ0n) is 17.0. The van der Waals surface area contributed by atoms with Crippen LogP contribution >= 0.6 is 0 Å². The van der Waals surface area contributed by atoms with Crippen LogP contribution in [0.1, 0.15) is 29.3 Å². The van der Waals surface area contributed by atoms with Gasteiger partial charge in [-0.3, -0.25) is 9.69 Å².